The number of carbonyl (C=O) groups excluding carboxylic acids is 1. The van der Waals surface area contributed by atoms with E-state index in [0.29, 0.717) is 6.54 Å². The molecule has 1 rings (SSSR count). The van der Waals surface area contributed by atoms with Crippen molar-refractivity contribution in [3.8, 4) is 0 Å². The predicted octanol–water partition coefficient (Wildman–Crippen LogP) is 0.751. The summed E-state index contributed by atoms with van der Waals surface area (Å²) in [6, 6.07) is 0. The smallest absolute Gasteiger partial charge is 0.251 e. The normalized spacial score (nSPS) is 25.5. The Balaban J connectivity index is 2.45. The number of hydrogen-bond acceptors (Lipinski definition) is 3. The van der Waals surface area contributed by atoms with Crippen LogP contribution in [0.25, 0.3) is 0 Å². The summed E-state index contributed by atoms with van der Waals surface area (Å²) in [5, 5.41) is 0. The summed E-state index contributed by atoms with van der Waals surface area (Å²) in [5.74, 6) is 0.135. The van der Waals surface area contributed by atoms with Gasteiger partial charge in [-0.3, -0.25) is 4.79 Å². The van der Waals surface area contributed by atoms with Crippen LogP contribution in [0.4, 0.5) is 0 Å². The molecule has 1 aliphatic heterocycles. The van der Waals surface area contributed by atoms with Crippen LogP contribution in [0.15, 0.2) is 0 Å². The molecular formula is C11H22N2O2. The molecule has 15 heavy (non-hydrogen) atoms. The highest BCUT2D eigenvalue weighted by atomic mass is 16.5. The molecule has 1 heterocycles. The van der Waals surface area contributed by atoms with Gasteiger partial charge in [-0.1, -0.05) is 6.92 Å². The van der Waals surface area contributed by atoms with Crippen molar-refractivity contribution in [3.05, 3.63) is 0 Å². The Labute approximate surface area is 91.8 Å². The van der Waals surface area contributed by atoms with Crippen LogP contribution in [0, 0.1) is 0 Å². The maximum absolute atomic E-state index is 12.0. The third kappa shape index (κ3) is 3.18. The third-order valence-electron chi connectivity index (χ3n) is 2.83. The molecule has 0 radical (unpaired) electrons. The first-order chi connectivity index (χ1) is 7.22. The molecular weight excluding hydrogens is 192 g/mol. The highest BCUT2D eigenvalue weighted by Gasteiger charge is 2.31. The lowest BCUT2D eigenvalue weighted by molar-refractivity contribution is -0.142. The summed E-state index contributed by atoms with van der Waals surface area (Å²) in [7, 11) is 0. The molecule has 0 aromatic carbocycles. The average molecular weight is 214 g/mol. The molecule has 4 nitrogen and oxygen atoms in total. The third-order valence-corrected chi connectivity index (χ3v) is 2.83. The van der Waals surface area contributed by atoms with Crippen molar-refractivity contribution in [2.24, 2.45) is 5.73 Å². The average Bonchev–Trinajstić information content (AvgIpc) is 2.73. The van der Waals surface area contributed by atoms with Crippen LogP contribution in [0.5, 0.6) is 0 Å². The molecule has 0 aromatic heterocycles. The van der Waals surface area contributed by atoms with E-state index in [9.17, 15) is 4.79 Å². The highest BCUT2D eigenvalue weighted by Crippen LogP contribution is 2.20. The van der Waals surface area contributed by atoms with Gasteiger partial charge >= 0.3 is 0 Å². The fraction of sp³-hybridized carbons (Fsp3) is 0.909. The number of amides is 1. The van der Waals surface area contributed by atoms with Crippen molar-refractivity contribution in [2.75, 3.05) is 19.6 Å². The Hall–Kier alpha value is -0.610. The zero-order valence-electron chi connectivity index (χ0n) is 9.74. The van der Waals surface area contributed by atoms with Gasteiger partial charge in [-0.15, -0.1) is 0 Å². The highest BCUT2D eigenvalue weighted by molar-refractivity contribution is 5.81. The fourth-order valence-electron chi connectivity index (χ4n) is 1.96. The molecule has 0 aliphatic carbocycles. The summed E-state index contributed by atoms with van der Waals surface area (Å²) >= 11 is 0. The summed E-state index contributed by atoms with van der Waals surface area (Å²) < 4.78 is 5.59. The minimum atomic E-state index is -0.245. The maximum Gasteiger partial charge on any atom is 0.251 e. The standard InChI is InChI=1S/C11H22N2O2/c1-3-7-13(4-2)11(14)10-6-5-9(8-12)15-10/h9-10H,3-8,12H2,1-2H3. The number of ether oxygens (including phenoxy) is 1. The van der Waals surface area contributed by atoms with Crippen LogP contribution in [0.3, 0.4) is 0 Å². The van der Waals surface area contributed by atoms with Crippen molar-refractivity contribution in [2.45, 2.75) is 45.3 Å². The van der Waals surface area contributed by atoms with Crippen molar-refractivity contribution in [1.29, 1.82) is 0 Å². The zero-order valence-corrected chi connectivity index (χ0v) is 9.74. The molecule has 0 spiro atoms. The van der Waals surface area contributed by atoms with Crippen LogP contribution in [-0.4, -0.2) is 42.6 Å². The monoisotopic (exact) mass is 214 g/mol. The van der Waals surface area contributed by atoms with Crippen LogP contribution >= 0.6 is 0 Å². The minimum Gasteiger partial charge on any atom is -0.364 e. The number of nitrogens with zero attached hydrogens (tertiary/aromatic N) is 1. The topological polar surface area (TPSA) is 55.6 Å². The van der Waals surface area contributed by atoms with Gasteiger partial charge < -0.3 is 15.4 Å². The predicted molar refractivity (Wildman–Crippen MR) is 59.5 cm³/mol. The first-order valence-corrected chi connectivity index (χ1v) is 5.87. The number of likely N-dealkylation sites (N-methyl/N-ethyl adjacent to an activating group) is 1. The Morgan fingerprint density at radius 3 is 2.67 bits per heavy atom. The Kier molecular flexibility index (Phi) is 5.05. The molecule has 0 aromatic rings. The van der Waals surface area contributed by atoms with Gasteiger partial charge in [0.1, 0.15) is 6.10 Å². The van der Waals surface area contributed by atoms with E-state index >= 15 is 0 Å². The molecule has 1 aliphatic rings. The van der Waals surface area contributed by atoms with E-state index in [1.54, 1.807) is 0 Å². The zero-order chi connectivity index (χ0) is 11.3. The van der Waals surface area contributed by atoms with Crippen LogP contribution < -0.4 is 5.73 Å². The molecule has 0 saturated carbocycles. The largest absolute Gasteiger partial charge is 0.364 e. The van der Waals surface area contributed by atoms with E-state index < -0.39 is 0 Å². The Morgan fingerprint density at radius 2 is 2.20 bits per heavy atom. The van der Waals surface area contributed by atoms with Crippen molar-refractivity contribution >= 4 is 5.91 Å². The van der Waals surface area contributed by atoms with Gasteiger partial charge in [-0.2, -0.15) is 0 Å². The van der Waals surface area contributed by atoms with E-state index in [4.69, 9.17) is 10.5 Å². The van der Waals surface area contributed by atoms with Gasteiger partial charge in [0.2, 0.25) is 0 Å². The first kappa shape index (κ1) is 12.5. The minimum absolute atomic E-state index is 0.0827. The van der Waals surface area contributed by atoms with Crippen molar-refractivity contribution < 1.29 is 9.53 Å². The lowest BCUT2D eigenvalue weighted by atomic mass is 10.2. The molecule has 0 bridgehead atoms. The Morgan fingerprint density at radius 1 is 1.47 bits per heavy atom. The van der Waals surface area contributed by atoms with Gasteiger partial charge in [-0.05, 0) is 26.2 Å². The quantitative estimate of drug-likeness (QED) is 0.735. The molecule has 1 amide bonds. The van der Waals surface area contributed by atoms with Gasteiger partial charge in [-0.25, -0.2) is 0 Å². The van der Waals surface area contributed by atoms with E-state index in [0.717, 1.165) is 32.4 Å². The SMILES string of the molecule is CCCN(CC)C(=O)C1CCC(CN)O1. The Bertz CT molecular complexity index is 209. The summed E-state index contributed by atoms with van der Waals surface area (Å²) in [5.41, 5.74) is 5.51. The van der Waals surface area contributed by atoms with Crippen LogP contribution in [0.2, 0.25) is 0 Å². The molecule has 2 unspecified atom stereocenters. The molecule has 1 fully saturated rings. The summed E-state index contributed by atoms with van der Waals surface area (Å²) in [6.07, 6.45) is 2.56. The number of carbonyl (C=O) groups is 1. The number of hydrogen-bond donors (Lipinski definition) is 1. The first-order valence-electron chi connectivity index (χ1n) is 5.87. The van der Waals surface area contributed by atoms with E-state index in [-0.39, 0.29) is 18.1 Å². The van der Waals surface area contributed by atoms with Crippen molar-refractivity contribution in [1.82, 2.24) is 4.90 Å². The van der Waals surface area contributed by atoms with Gasteiger partial charge in [0.05, 0.1) is 6.10 Å². The lowest BCUT2D eigenvalue weighted by Crippen LogP contribution is -2.40. The second-order valence-corrected chi connectivity index (χ2v) is 3.98. The van der Waals surface area contributed by atoms with Crippen LogP contribution in [0.1, 0.15) is 33.1 Å². The van der Waals surface area contributed by atoms with Crippen molar-refractivity contribution in [3.63, 3.8) is 0 Å². The molecule has 2 atom stereocenters. The van der Waals surface area contributed by atoms with E-state index in [2.05, 4.69) is 6.92 Å². The summed E-state index contributed by atoms with van der Waals surface area (Å²) in [6.45, 7) is 6.18. The molecule has 4 heteroatoms. The molecule has 88 valence electrons. The van der Waals surface area contributed by atoms with Gasteiger partial charge in [0, 0.05) is 19.6 Å². The summed E-state index contributed by atoms with van der Waals surface area (Å²) in [4.78, 5) is 13.9. The van der Waals surface area contributed by atoms with E-state index in [1.807, 2.05) is 11.8 Å². The fourth-order valence-corrected chi connectivity index (χ4v) is 1.96. The van der Waals surface area contributed by atoms with Crippen LogP contribution in [-0.2, 0) is 9.53 Å². The lowest BCUT2D eigenvalue weighted by Gasteiger charge is -2.23. The number of rotatable bonds is 5. The molecule has 1 saturated heterocycles. The maximum atomic E-state index is 12.0. The second-order valence-electron chi connectivity index (χ2n) is 3.98. The van der Waals surface area contributed by atoms with Gasteiger partial charge in [0.15, 0.2) is 0 Å². The van der Waals surface area contributed by atoms with E-state index in [1.165, 1.54) is 0 Å². The second kappa shape index (κ2) is 6.08. The number of nitrogens with two attached hydrogens (primary N) is 1. The van der Waals surface area contributed by atoms with Gasteiger partial charge in [0.25, 0.3) is 5.91 Å². The molecule has 2 N–H and O–H groups in total.